The molecule has 0 unspecified atom stereocenters. The highest BCUT2D eigenvalue weighted by Gasteiger charge is 2.62. The van der Waals surface area contributed by atoms with Gasteiger partial charge in [-0.1, -0.05) is 70.3 Å². The number of fused-ring (bicyclic) bond motifs is 3. The molecule has 1 spiro atoms. The number of carbonyl (C=O) groups excluding carboxylic acids is 1. The van der Waals surface area contributed by atoms with Gasteiger partial charge in [-0.05, 0) is 74.0 Å². The van der Waals surface area contributed by atoms with E-state index in [4.69, 9.17) is 0 Å². The topological polar surface area (TPSA) is 29.1 Å². The molecular weight excluding hydrogens is 342 g/mol. The Morgan fingerprint density at radius 1 is 1.21 bits per heavy atom. The van der Waals surface area contributed by atoms with Gasteiger partial charge in [0.1, 0.15) is 0 Å². The maximum absolute atomic E-state index is 13.4. The van der Waals surface area contributed by atoms with Crippen LogP contribution in [-0.2, 0) is 4.79 Å². The summed E-state index contributed by atoms with van der Waals surface area (Å²) in [7, 11) is 0. The van der Waals surface area contributed by atoms with Crippen LogP contribution in [0, 0.1) is 28.1 Å². The van der Waals surface area contributed by atoms with Crippen molar-refractivity contribution in [3.63, 3.8) is 0 Å². The van der Waals surface area contributed by atoms with Crippen LogP contribution in [0.5, 0.6) is 0 Å². The Balaban J connectivity index is 1.53. The fourth-order valence-electron chi connectivity index (χ4n) is 7.84. The van der Waals surface area contributed by atoms with E-state index in [1.165, 1.54) is 69.8 Å². The lowest BCUT2D eigenvalue weighted by Crippen LogP contribution is -2.56. The van der Waals surface area contributed by atoms with Crippen molar-refractivity contribution < 1.29 is 4.79 Å². The van der Waals surface area contributed by atoms with Crippen molar-refractivity contribution in [3.05, 3.63) is 23.8 Å². The summed E-state index contributed by atoms with van der Waals surface area (Å²) in [5.74, 6) is 1.55. The predicted octanol–water partition coefficient (Wildman–Crippen LogP) is 6.57. The average molecular weight is 384 g/mol. The second-order valence-corrected chi connectivity index (χ2v) is 11.0. The van der Waals surface area contributed by atoms with Gasteiger partial charge >= 0.3 is 0 Å². The molecule has 0 aromatic heterocycles. The fraction of sp³-hybridized carbons (Fsp3) is 0.808. The van der Waals surface area contributed by atoms with Gasteiger partial charge in [-0.3, -0.25) is 4.79 Å². The number of hydrogen-bond donors (Lipinski definition) is 1. The van der Waals surface area contributed by atoms with Crippen molar-refractivity contribution >= 4 is 5.91 Å². The lowest BCUT2D eigenvalue weighted by molar-refractivity contribution is -0.143. The Morgan fingerprint density at radius 2 is 2.04 bits per heavy atom. The summed E-state index contributed by atoms with van der Waals surface area (Å²) < 4.78 is 0. The summed E-state index contributed by atoms with van der Waals surface area (Å²) >= 11 is 0. The van der Waals surface area contributed by atoms with Crippen LogP contribution in [-0.4, -0.2) is 12.5 Å². The van der Waals surface area contributed by atoms with Crippen molar-refractivity contribution in [2.75, 3.05) is 6.54 Å². The molecule has 156 valence electrons. The van der Waals surface area contributed by atoms with Gasteiger partial charge in [0.05, 0.1) is 0 Å². The van der Waals surface area contributed by atoms with E-state index in [0.29, 0.717) is 17.2 Å². The van der Waals surface area contributed by atoms with Gasteiger partial charge in [-0.15, -0.1) is 0 Å². The molecule has 4 rings (SSSR count). The second kappa shape index (κ2) is 7.33. The third-order valence-electron chi connectivity index (χ3n) is 9.25. The quantitative estimate of drug-likeness (QED) is 0.408. The molecule has 2 nitrogen and oxygen atoms in total. The van der Waals surface area contributed by atoms with E-state index in [9.17, 15) is 4.79 Å². The summed E-state index contributed by atoms with van der Waals surface area (Å²) in [5, 5.41) is 3.34. The fourth-order valence-corrected chi connectivity index (χ4v) is 7.84. The van der Waals surface area contributed by atoms with Crippen molar-refractivity contribution in [3.8, 4) is 0 Å². The van der Waals surface area contributed by atoms with Crippen LogP contribution in [0.25, 0.3) is 0 Å². The van der Waals surface area contributed by atoms with Crippen molar-refractivity contribution in [1.82, 2.24) is 5.32 Å². The van der Waals surface area contributed by atoms with Crippen LogP contribution in [0.15, 0.2) is 23.8 Å². The van der Waals surface area contributed by atoms with Gasteiger partial charge in [0, 0.05) is 12.0 Å². The SMILES string of the molecule is C=C1C[C@@]23CC[C@@H]4[C@](C)(C(=O)NCCCCCC)CCC[C@@]4(C)C2=CC[C@@H]1C3. The predicted molar refractivity (Wildman–Crippen MR) is 117 cm³/mol. The third kappa shape index (κ3) is 3.01. The molecule has 5 atom stereocenters. The molecule has 3 saturated carbocycles. The first kappa shape index (κ1) is 20.2. The summed E-state index contributed by atoms with van der Waals surface area (Å²) in [6, 6.07) is 0. The van der Waals surface area contributed by atoms with Gasteiger partial charge in [-0.25, -0.2) is 0 Å². The van der Waals surface area contributed by atoms with Gasteiger partial charge in [0.15, 0.2) is 0 Å². The molecule has 0 radical (unpaired) electrons. The first-order valence-corrected chi connectivity index (χ1v) is 12.0. The van der Waals surface area contributed by atoms with Gasteiger partial charge in [-0.2, -0.15) is 0 Å². The highest BCUT2D eigenvalue weighted by atomic mass is 16.2. The molecule has 0 aromatic rings. The minimum Gasteiger partial charge on any atom is -0.356 e. The third-order valence-corrected chi connectivity index (χ3v) is 9.25. The van der Waals surface area contributed by atoms with Crippen molar-refractivity contribution in [2.45, 2.75) is 97.8 Å². The number of nitrogens with one attached hydrogen (secondary N) is 1. The number of allylic oxidation sites excluding steroid dienone is 3. The monoisotopic (exact) mass is 383 g/mol. The lowest BCUT2D eigenvalue weighted by Gasteiger charge is -2.60. The first-order chi connectivity index (χ1) is 13.4. The minimum atomic E-state index is -0.202. The van der Waals surface area contributed by atoms with E-state index in [2.05, 4.69) is 38.7 Å². The molecule has 0 heterocycles. The molecule has 3 fully saturated rings. The molecule has 1 N–H and O–H groups in total. The van der Waals surface area contributed by atoms with Gasteiger partial charge in [0.25, 0.3) is 0 Å². The van der Waals surface area contributed by atoms with Crippen LogP contribution in [0.1, 0.15) is 97.8 Å². The van der Waals surface area contributed by atoms with Crippen molar-refractivity contribution in [1.29, 1.82) is 0 Å². The van der Waals surface area contributed by atoms with E-state index in [-0.39, 0.29) is 10.8 Å². The highest BCUT2D eigenvalue weighted by molar-refractivity contribution is 5.83. The largest absolute Gasteiger partial charge is 0.356 e. The first-order valence-electron chi connectivity index (χ1n) is 12.0. The van der Waals surface area contributed by atoms with Crippen LogP contribution >= 0.6 is 0 Å². The molecule has 0 aromatic carbocycles. The minimum absolute atomic E-state index is 0.202. The summed E-state index contributed by atoms with van der Waals surface area (Å²) in [6.45, 7) is 12.3. The van der Waals surface area contributed by atoms with E-state index in [1.807, 2.05) is 0 Å². The number of amides is 1. The van der Waals surface area contributed by atoms with Gasteiger partial charge < -0.3 is 5.32 Å². The normalized spacial score (nSPS) is 41.8. The van der Waals surface area contributed by atoms with Crippen LogP contribution in [0.2, 0.25) is 0 Å². The van der Waals surface area contributed by atoms with Crippen LogP contribution in [0.3, 0.4) is 0 Å². The standard InChI is InChI=1S/C26H41NO/c1-5-6-7-8-16-27-23(28)25(4)14-9-13-24(3)21(25)12-15-26-17-19(2)20(18-26)10-11-22(24)26/h11,20-21H,2,5-10,12-18H2,1,3-4H3,(H,27,28)/t20-,21+,24-,25-,26-/m1/s1. The molecular formula is C26H41NO. The van der Waals surface area contributed by atoms with E-state index in [1.54, 1.807) is 5.57 Å². The maximum atomic E-state index is 13.4. The molecule has 2 heteroatoms. The van der Waals surface area contributed by atoms with Crippen LogP contribution in [0.4, 0.5) is 0 Å². The smallest absolute Gasteiger partial charge is 0.226 e. The Hall–Kier alpha value is -1.05. The highest BCUT2D eigenvalue weighted by Crippen LogP contribution is 2.70. The average Bonchev–Trinajstić information content (AvgIpc) is 2.89. The Kier molecular flexibility index (Phi) is 5.30. The second-order valence-electron chi connectivity index (χ2n) is 11.0. The Labute approximate surface area is 172 Å². The van der Waals surface area contributed by atoms with E-state index in [0.717, 1.165) is 25.3 Å². The molecule has 28 heavy (non-hydrogen) atoms. The van der Waals surface area contributed by atoms with E-state index >= 15 is 0 Å². The molecule has 0 aliphatic heterocycles. The number of carbonyl (C=O) groups is 1. The Morgan fingerprint density at radius 3 is 2.82 bits per heavy atom. The number of rotatable bonds is 6. The summed E-state index contributed by atoms with van der Waals surface area (Å²) in [4.78, 5) is 13.4. The summed E-state index contributed by atoms with van der Waals surface area (Å²) in [6.07, 6.45) is 17.2. The van der Waals surface area contributed by atoms with Crippen LogP contribution < -0.4 is 5.32 Å². The molecule has 0 saturated heterocycles. The molecule has 4 aliphatic rings. The molecule has 1 amide bonds. The van der Waals surface area contributed by atoms with Gasteiger partial charge in [0.2, 0.25) is 5.91 Å². The zero-order valence-corrected chi connectivity index (χ0v) is 18.5. The zero-order valence-electron chi connectivity index (χ0n) is 18.5. The molecule has 4 aliphatic carbocycles. The van der Waals surface area contributed by atoms with Crippen molar-refractivity contribution in [2.24, 2.45) is 28.1 Å². The number of hydrogen-bond acceptors (Lipinski definition) is 1. The van der Waals surface area contributed by atoms with E-state index < -0.39 is 0 Å². The molecule has 2 bridgehead atoms. The maximum Gasteiger partial charge on any atom is 0.226 e. The zero-order chi connectivity index (χ0) is 20.0. The summed E-state index contributed by atoms with van der Waals surface area (Å²) in [5.41, 5.74) is 3.62. The lowest BCUT2D eigenvalue weighted by atomic mass is 9.44. The number of unbranched alkanes of at least 4 members (excludes halogenated alkanes) is 3. The Bertz CT molecular complexity index is 678.